The molecule has 0 atom stereocenters. The number of H-pyrrole nitrogens is 1. The molecule has 0 radical (unpaired) electrons. The standard InChI is InChI=1S/C18H12N2O/c1-2-4-13-12(3-1)9-21-17-8-14-11(7-15(13)17)5-6-16-18(14)20-10-19-16/h1-8,10H,9H2,(H,19,20). The topological polar surface area (TPSA) is 37.9 Å². The first-order chi connectivity index (χ1) is 10.4. The van der Waals surface area contributed by atoms with Gasteiger partial charge in [0, 0.05) is 10.9 Å². The summed E-state index contributed by atoms with van der Waals surface area (Å²) in [5.41, 5.74) is 5.73. The molecule has 0 bridgehead atoms. The maximum absolute atomic E-state index is 5.95. The summed E-state index contributed by atoms with van der Waals surface area (Å²) in [6, 6.07) is 17.0. The second kappa shape index (κ2) is 3.85. The first-order valence-electron chi connectivity index (χ1n) is 7.01. The molecule has 2 heterocycles. The van der Waals surface area contributed by atoms with Crippen LogP contribution < -0.4 is 4.74 Å². The first kappa shape index (κ1) is 10.9. The monoisotopic (exact) mass is 272 g/mol. The molecular formula is C18H12N2O. The highest BCUT2D eigenvalue weighted by molar-refractivity contribution is 6.06. The Kier molecular flexibility index (Phi) is 2.00. The Hall–Kier alpha value is -2.81. The predicted molar refractivity (Wildman–Crippen MR) is 83.4 cm³/mol. The quantitative estimate of drug-likeness (QED) is 0.519. The van der Waals surface area contributed by atoms with E-state index in [1.165, 1.54) is 22.1 Å². The second-order valence-electron chi connectivity index (χ2n) is 5.38. The fourth-order valence-corrected chi connectivity index (χ4v) is 3.15. The van der Waals surface area contributed by atoms with Gasteiger partial charge >= 0.3 is 0 Å². The van der Waals surface area contributed by atoms with E-state index < -0.39 is 0 Å². The van der Waals surface area contributed by atoms with Crippen LogP contribution in [-0.4, -0.2) is 9.97 Å². The van der Waals surface area contributed by atoms with Crippen molar-refractivity contribution in [1.82, 2.24) is 9.97 Å². The molecule has 3 nitrogen and oxygen atoms in total. The van der Waals surface area contributed by atoms with E-state index in [4.69, 9.17) is 4.74 Å². The van der Waals surface area contributed by atoms with E-state index in [1.54, 1.807) is 6.33 Å². The van der Waals surface area contributed by atoms with Gasteiger partial charge in [0.1, 0.15) is 12.4 Å². The van der Waals surface area contributed by atoms with Crippen LogP contribution in [0.3, 0.4) is 0 Å². The van der Waals surface area contributed by atoms with E-state index in [1.807, 2.05) is 0 Å². The Morgan fingerprint density at radius 1 is 1.00 bits per heavy atom. The fraction of sp³-hybridized carbons (Fsp3) is 0.0556. The number of hydrogen-bond donors (Lipinski definition) is 1. The van der Waals surface area contributed by atoms with Crippen molar-refractivity contribution in [2.75, 3.05) is 0 Å². The molecule has 5 rings (SSSR count). The molecule has 100 valence electrons. The molecule has 3 heteroatoms. The van der Waals surface area contributed by atoms with E-state index >= 15 is 0 Å². The molecule has 0 saturated carbocycles. The SMILES string of the molecule is c1ccc2c(c1)COc1cc3c(ccc4[nH]cnc43)cc1-2. The highest BCUT2D eigenvalue weighted by Gasteiger charge is 2.18. The van der Waals surface area contributed by atoms with Gasteiger partial charge in [-0.25, -0.2) is 4.98 Å². The van der Waals surface area contributed by atoms with E-state index in [9.17, 15) is 0 Å². The van der Waals surface area contributed by atoms with Gasteiger partial charge in [0.25, 0.3) is 0 Å². The minimum Gasteiger partial charge on any atom is -0.488 e. The summed E-state index contributed by atoms with van der Waals surface area (Å²) < 4.78 is 5.95. The van der Waals surface area contributed by atoms with Crippen molar-refractivity contribution in [2.45, 2.75) is 6.61 Å². The Balaban J connectivity index is 1.89. The van der Waals surface area contributed by atoms with Crippen LogP contribution >= 0.6 is 0 Å². The van der Waals surface area contributed by atoms with Crippen LogP contribution in [-0.2, 0) is 6.61 Å². The lowest BCUT2D eigenvalue weighted by Crippen LogP contribution is -2.05. The van der Waals surface area contributed by atoms with Crippen molar-refractivity contribution < 1.29 is 4.74 Å². The number of nitrogens with one attached hydrogen (secondary N) is 1. The molecule has 0 unspecified atom stereocenters. The minimum absolute atomic E-state index is 0.630. The normalized spacial score (nSPS) is 13.0. The largest absolute Gasteiger partial charge is 0.488 e. The van der Waals surface area contributed by atoms with Gasteiger partial charge in [-0.05, 0) is 34.7 Å². The summed E-state index contributed by atoms with van der Waals surface area (Å²) in [6.07, 6.45) is 1.74. The lowest BCUT2D eigenvalue weighted by molar-refractivity contribution is 0.303. The maximum Gasteiger partial charge on any atom is 0.128 e. The number of fused-ring (bicyclic) bond motifs is 6. The van der Waals surface area contributed by atoms with E-state index in [2.05, 4.69) is 58.5 Å². The van der Waals surface area contributed by atoms with Gasteiger partial charge in [-0.2, -0.15) is 0 Å². The van der Waals surface area contributed by atoms with Gasteiger partial charge in [0.15, 0.2) is 0 Å². The van der Waals surface area contributed by atoms with Crippen molar-refractivity contribution in [3.63, 3.8) is 0 Å². The van der Waals surface area contributed by atoms with Crippen molar-refractivity contribution in [3.8, 4) is 16.9 Å². The zero-order valence-electron chi connectivity index (χ0n) is 11.3. The van der Waals surface area contributed by atoms with E-state index in [0.717, 1.165) is 22.2 Å². The maximum atomic E-state index is 5.95. The predicted octanol–water partition coefficient (Wildman–Crippen LogP) is 4.28. The average Bonchev–Trinajstić information content (AvgIpc) is 3.02. The molecular weight excluding hydrogens is 260 g/mol. The molecule has 1 aromatic heterocycles. The number of aromatic amines is 1. The molecule has 0 amide bonds. The van der Waals surface area contributed by atoms with Crippen LogP contribution in [0.4, 0.5) is 0 Å². The molecule has 0 spiro atoms. The molecule has 1 aliphatic rings. The number of rotatable bonds is 0. The molecule has 0 fully saturated rings. The third-order valence-electron chi connectivity index (χ3n) is 4.20. The summed E-state index contributed by atoms with van der Waals surface area (Å²) in [7, 11) is 0. The lowest BCUT2D eigenvalue weighted by Gasteiger charge is -2.21. The van der Waals surface area contributed by atoms with Crippen molar-refractivity contribution in [3.05, 3.63) is 60.4 Å². The third-order valence-corrected chi connectivity index (χ3v) is 4.20. The number of nitrogens with zero attached hydrogens (tertiary/aromatic N) is 1. The van der Waals surface area contributed by atoms with Crippen LogP contribution in [0.2, 0.25) is 0 Å². The van der Waals surface area contributed by atoms with Crippen molar-refractivity contribution in [1.29, 1.82) is 0 Å². The highest BCUT2D eigenvalue weighted by Crippen LogP contribution is 2.41. The molecule has 0 aliphatic carbocycles. The number of imidazole rings is 1. The van der Waals surface area contributed by atoms with E-state index in [-0.39, 0.29) is 0 Å². The van der Waals surface area contributed by atoms with Gasteiger partial charge in [0.05, 0.1) is 17.4 Å². The number of ether oxygens (including phenoxy) is 1. The summed E-state index contributed by atoms with van der Waals surface area (Å²) >= 11 is 0. The van der Waals surface area contributed by atoms with E-state index in [0.29, 0.717) is 6.61 Å². The van der Waals surface area contributed by atoms with Gasteiger partial charge in [-0.1, -0.05) is 30.3 Å². The van der Waals surface area contributed by atoms with Crippen LogP contribution in [0, 0.1) is 0 Å². The van der Waals surface area contributed by atoms with Gasteiger partial charge in [-0.15, -0.1) is 0 Å². The average molecular weight is 272 g/mol. The fourth-order valence-electron chi connectivity index (χ4n) is 3.15. The van der Waals surface area contributed by atoms with Crippen LogP contribution in [0.25, 0.3) is 32.9 Å². The number of benzene rings is 3. The molecule has 21 heavy (non-hydrogen) atoms. The Morgan fingerprint density at radius 2 is 1.95 bits per heavy atom. The molecule has 1 N–H and O–H groups in total. The molecule has 4 aromatic rings. The Labute approximate surface area is 121 Å². The van der Waals surface area contributed by atoms with Crippen LogP contribution in [0.5, 0.6) is 5.75 Å². The van der Waals surface area contributed by atoms with Crippen molar-refractivity contribution >= 4 is 21.8 Å². The number of hydrogen-bond acceptors (Lipinski definition) is 2. The van der Waals surface area contributed by atoms with Gasteiger partial charge < -0.3 is 9.72 Å². The molecule has 3 aromatic carbocycles. The minimum atomic E-state index is 0.630. The lowest BCUT2D eigenvalue weighted by atomic mass is 9.94. The van der Waals surface area contributed by atoms with Crippen LogP contribution in [0.15, 0.2) is 54.9 Å². The summed E-state index contributed by atoms with van der Waals surface area (Å²) in [5.74, 6) is 0.941. The molecule has 0 saturated heterocycles. The van der Waals surface area contributed by atoms with Crippen molar-refractivity contribution in [2.24, 2.45) is 0 Å². The van der Waals surface area contributed by atoms with Gasteiger partial charge in [0.2, 0.25) is 0 Å². The highest BCUT2D eigenvalue weighted by atomic mass is 16.5. The molecule has 1 aliphatic heterocycles. The summed E-state index contributed by atoms with van der Waals surface area (Å²) in [5, 5.41) is 2.32. The second-order valence-corrected chi connectivity index (χ2v) is 5.38. The Bertz CT molecular complexity index is 1000. The summed E-state index contributed by atoms with van der Waals surface area (Å²) in [6.45, 7) is 0.630. The number of aromatic nitrogens is 2. The third kappa shape index (κ3) is 1.46. The Morgan fingerprint density at radius 3 is 2.95 bits per heavy atom. The smallest absolute Gasteiger partial charge is 0.128 e. The first-order valence-corrected chi connectivity index (χ1v) is 7.01. The zero-order valence-corrected chi connectivity index (χ0v) is 11.3. The zero-order chi connectivity index (χ0) is 13.8. The van der Waals surface area contributed by atoms with Crippen LogP contribution in [0.1, 0.15) is 5.56 Å². The summed E-state index contributed by atoms with van der Waals surface area (Å²) in [4.78, 5) is 7.58. The van der Waals surface area contributed by atoms with Gasteiger partial charge in [-0.3, -0.25) is 0 Å².